The van der Waals surface area contributed by atoms with Gasteiger partial charge in [-0.3, -0.25) is 0 Å². The van der Waals surface area contributed by atoms with Crippen LogP contribution in [0.1, 0.15) is 51.9 Å². The van der Waals surface area contributed by atoms with Crippen LogP contribution in [0.15, 0.2) is 0 Å². The summed E-state index contributed by atoms with van der Waals surface area (Å²) in [5, 5.41) is 3.72. The molecule has 0 aromatic heterocycles. The highest BCUT2D eigenvalue weighted by Crippen LogP contribution is 2.38. The normalized spacial score (nSPS) is 45.4. The predicted octanol–water partition coefficient (Wildman–Crippen LogP) is 2.97. The third-order valence-corrected chi connectivity index (χ3v) is 5.12. The summed E-state index contributed by atoms with van der Waals surface area (Å²) < 4.78 is 5.90. The quantitative estimate of drug-likeness (QED) is 0.811. The Bertz CT molecular complexity index is 255. The Hall–Kier alpha value is -0.0800. The van der Waals surface area contributed by atoms with Gasteiger partial charge in [-0.05, 0) is 50.5 Å². The van der Waals surface area contributed by atoms with Crippen LogP contribution in [0.5, 0.6) is 0 Å². The van der Waals surface area contributed by atoms with Crippen LogP contribution in [0, 0.1) is 17.8 Å². The van der Waals surface area contributed by atoms with E-state index in [1.54, 1.807) is 0 Å². The molecule has 0 amide bonds. The fourth-order valence-electron chi connectivity index (χ4n) is 4.18. The average Bonchev–Trinajstić information content (AvgIpc) is 2.91. The van der Waals surface area contributed by atoms with Crippen molar-refractivity contribution in [1.82, 2.24) is 5.32 Å². The molecule has 2 saturated heterocycles. The summed E-state index contributed by atoms with van der Waals surface area (Å²) >= 11 is 0. The van der Waals surface area contributed by atoms with Gasteiger partial charge in [-0.2, -0.15) is 0 Å². The zero-order chi connectivity index (χ0) is 11.7. The van der Waals surface area contributed by atoms with Gasteiger partial charge in [0.05, 0.1) is 12.2 Å². The van der Waals surface area contributed by atoms with Crippen LogP contribution >= 0.6 is 0 Å². The second-order valence-electron chi connectivity index (χ2n) is 6.67. The van der Waals surface area contributed by atoms with Crippen molar-refractivity contribution < 1.29 is 4.74 Å². The fraction of sp³-hybridized carbons (Fsp3) is 1.00. The zero-order valence-corrected chi connectivity index (χ0v) is 11.2. The third-order valence-electron chi connectivity index (χ3n) is 5.12. The smallest absolute Gasteiger partial charge is 0.0621 e. The molecule has 17 heavy (non-hydrogen) atoms. The van der Waals surface area contributed by atoms with Gasteiger partial charge in [-0.25, -0.2) is 0 Å². The summed E-state index contributed by atoms with van der Waals surface area (Å²) in [6, 6.07) is 0. The van der Waals surface area contributed by atoms with Crippen molar-refractivity contribution in [2.24, 2.45) is 17.8 Å². The molecule has 1 N–H and O–H groups in total. The molecule has 2 bridgehead atoms. The molecule has 3 rings (SSSR count). The Morgan fingerprint density at radius 3 is 2.71 bits per heavy atom. The van der Waals surface area contributed by atoms with Crippen LogP contribution in [-0.4, -0.2) is 25.3 Å². The molecular weight excluding hydrogens is 210 g/mol. The molecule has 2 heteroatoms. The van der Waals surface area contributed by atoms with E-state index in [0.717, 1.165) is 17.8 Å². The van der Waals surface area contributed by atoms with E-state index in [-0.39, 0.29) is 0 Å². The van der Waals surface area contributed by atoms with Crippen molar-refractivity contribution in [3.63, 3.8) is 0 Å². The monoisotopic (exact) mass is 237 g/mol. The van der Waals surface area contributed by atoms with Gasteiger partial charge in [-0.15, -0.1) is 0 Å². The minimum absolute atomic E-state index is 0.595. The van der Waals surface area contributed by atoms with E-state index in [9.17, 15) is 0 Å². The molecule has 98 valence electrons. The lowest BCUT2D eigenvalue weighted by Crippen LogP contribution is -2.33. The van der Waals surface area contributed by atoms with Crippen molar-refractivity contribution >= 4 is 0 Å². The lowest BCUT2D eigenvalue weighted by atomic mass is 9.82. The molecule has 0 radical (unpaired) electrons. The first-order chi connectivity index (χ1) is 8.31. The minimum Gasteiger partial charge on any atom is -0.375 e. The minimum atomic E-state index is 0.595. The topological polar surface area (TPSA) is 21.3 Å². The Morgan fingerprint density at radius 2 is 2.00 bits per heavy atom. The van der Waals surface area contributed by atoms with Crippen LogP contribution in [0.25, 0.3) is 0 Å². The number of hydrogen-bond acceptors (Lipinski definition) is 2. The first-order valence-corrected chi connectivity index (χ1v) is 7.67. The molecule has 2 aliphatic heterocycles. The molecule has 3 fully saturated rings. The maximum Gasteiger partial charge on any atom is 0.0621 e. The van der Waals surface area contributed by atoms with Gasteiger partial charge in [0.1, 0.15) is 0 Å². The molecule has 0 spiro atoms. The largest absolute Gasteiger partial charge is 0.375 e. The van der Waals surface area contributed by atoms with E-state index in [1.807, 2.05) is 0 Å². The van der Waals surface area contributed by atoms with Gasteiger partial charge in [0, 0.05) is 12.5 Å². The van der Waals surface area contributed by atoms with Crippen molar-refractivity contribution in [2.75, 3.05) is 13.1 Å². The molecule has 3 aliphatic rings. The van der Waals surface area contributed by atoms with Gasteiger partial charge in [-0.1, -0.05) is 19.8 Å². The molecular formula is C15H27NO. The summed E-state index contributed by atoms with van der Waals surface area (Å²) in [7, 11) is 0. The molecule has 0 aromatic carbocycles. The summed E-state index contributed by atoms with van der Waals surface area (Å²) in [6.07, 6.45) is 11.0. The van der Waals surface area contributed by atoms with Crippen LogP contribution in [0.3, 0.4) is 0 Å². The van der Waals surface area contributed by atoms with Crippen LogP contribution < -0.4 is 5.32 Å². The van der Waals surface area contributed by atoms with E-state index in [1.165, 1.54) is 58.0 Å². The molecule has 5 atom stereocenters. The lowest BCUT2D eigenvalue weighted by Gasteiger charge is -2.28. The Morgan fingerprint density at radius 1 is 1.06 bits per heavy atom. The standard InChI is InChI=1S/C15H27NO/c1-11-3-2-4-12(7-11)9-16-10-13-8-14-5-6-15(13)17-14/h11-16H,2-10H2,1H3. The van der Waals surface area contributed by atoms with Gasteiger partial charge in [0.2, 0.25) is 0 Å². The van der Waals surface area contributed by atoms with E-state index in [4.69, 9.17) is 4.74 Å². The summed E-state index contributed by atoms with van der Waals surface area (Å²) in [5.74, 6) is 2.72. The number of nitrogens with one attached hydrogen (secondary N) is 1. The Labute approximate surface area is 105 Å². The van der Waals surface area contributed by atoms with E-state index < -0.39 is 0 Å². The van der Waals surface area contributed by atoms with Crippen molar-refractivity contribution in [3.05, 3.63) is 0 Å². The van der Waals surface area contributed by atoms with Crippen LogP contribution in [-0.2, 0) is 4.74 Å². The summed E-state index contributed by atoms with van der Waals surface area (Å²) in [4.78, 5) is 0. The van der Waals surface area contributed by atoms with Gasteiger partial charge < -0.3 is 10.1 Å². The van der Waals surface area contributed by atoms with Crippen LogP contribution in [0.4, 0.5) is 0 Å². The number of fused-ring (bicyclic) bond motifs is 2. The summed E-state index contributed by atoms with van der Waals surface area (Å²) in [6.45, 7) is 4.86. The van der Waals surface area contributed by atoms with Gasteiger partial charge >= 0.3 is 0 Å². The number of ether oxygens (including phenoxy) is 1. The third kappa shape index (κ3) is 2.85. The maximum atomic E-state index is 5.90. The molecule has 2 heterocycles. The predicted molar refractivity (Wildman–Crippen MR) is 70.0 cm³/mol. The zero-order valence-electron chi connectivity index (χ0n) is 11.2. The second-order valence-corrected chi connectivity index (χ2v) is 6.67. The Balaban J connectivity index is 1.35. The highest BCUT2D eigenvalue weighted by Gasteiger charge is 2.40. The first-order valence-electron chi connectivity index (χ1n) is 7.67. The molecule has 1 saturated carbocycles. The fourth-order valence-corrected chi connectivity index (χ4v) is 4.18. The highest BCUT2D eigenvalue weighted by atomic mass is 16.5. The SMILES string of the molecule is CC1CCCC(CNCC2CC3CCC2O3)C1. The lowest BCUT2D eigenvalue weighted by molar-refractivity contribution is 0.0921. The number of hydrogen-bond donors (Lipinski definition) is 1. The molecule has 1 aliphatic carbocycles. The van der Waals surface area contributed by atoms with Crippen molar-refractivity contribution in [3.8, 4) is 0 Å². The highest BCUT2D eigenvalue weighted by molar-refractivity contribution is 4.90. The van der Waals surface area contributed by atoms with E-state index >= 15 is 0 Å². The molecule has 2 nitrogen and oxygen atoms in total. The van der Waals surface area contributed by atoms with Crippen molar-refractivity contribution in [2.45, 2.75) is 64.1 Å². The first kappa shape index (κ1) is 12.0. The van der Waals surface area contributed by atoms with E-state index in [0.29, 0.717) is 12.2 Å². The van der Waals surface area contributed by atoms with E-state index in [2.05, 4.69) is 12.2 Å². The van der Waals surface area contributed by atoms with Crippen molar-refractivity contribution in [1.29, 1.82) is 0 Å². The molecule has 0 aromatic rings. The average molecular weight is 237 g/mol. The van der Waals surface area contributed by atoms with Crippen LogP contribution in [0.2, 0.25) is 0 Å². The maximum absolute atomic E-state index is 5.90. The second kappa shape index (κ2) is 5.27. The number of rotatable bonds is 4. The van der Waals surface area contributed by atoms with Gasteiger partial charge in [0.15, 0.2) is 0 Å². The summed E-state index contributed by atoms with van der Waals surface area (Å²) in [5.41, 5.74) is 0. The Kier molecular flexibility index (Phi) is 3.72. The van der Waals surface area contributed by atoms with Gasteiger partial charge in [0.25, 0.3) is 0 Å². The molecule has 5 unspecified atom stereocenters.